The first-order valence-corrected chi connectivity index (χ1v) is 9.04. The minimum absolute atomic E-state index is 0.0365. The topological polar surface area (TPSA) is 92.0 Å². The molecule has 1 aromatic rings. The molecule has 3 rings (SSSR count). The number of furan rings is 1. The normalized spacial score (nSPS) is 27.1. The van der Waals surface area contributed by atoms with Crippen LogP contribution in [0.5, 0.6) is 0 Å². The molecule has 0 radical (unpaired) electrons. The number of carbonyl (C=O) groups is 2. The molecule has 2 amide bonds. The summed E-state index contributed by atoms with van der Waals surface area (Å²) in [5.74, 6) is 0.636. The molecule has 7 heteroatoms. The van der Waals surface area contributed by atoms with E-state index in [-0.39, 0.29) is 24.0 Å². The van der Waals surface area contributed by atoms with E-state index in [1.54, 1.807) is 4.90 Å². The number of nitrogens with zero attached hydrogens (tertiary/aromatic N) is 1. The van der Waals surface area contributed by atoms with Crippen LogP contribution in [0, 0.1) is 5.92 Å². The number of morpholine rings is 1. The third kappa shape index (κ3) is 4.15. The van der Waals surface area contributed by atoms with Crippen molar-refractivity contribution in [3.8, 4) is 0 Å². The zero-order chi connectivity index (χ0) is 17.8. The third-order valence-corrected chi connectivity index (χ3v) is 5.15. The van der Waals surface area contributed by atoms with Crippen LogP contribution in [0.15, 0.2) is 16.5 Å². The van der Waals surface area contributed by atoms with Crippen molar-refractivity contribution < 1.29 is 23.8 Å². The van der Waals surface area contributed by atoms with E-state index in [1.807, 2.05) is 19.1 Å². The van der Waals surface area contributed by atoms with Crippen LogP contribution in [0.25, 0.3) is 0 Å². The summed E-state index contributed by atoms with van der Waals surface area (Å²) in [4.78, 5) is 25.5. The van der Waals surface area contributed by atoms with Gasteiger partial charge in [0, 0.05) is 19.0 Å². The van der Waals surface area contributed by atoms with Crippen molar-refractivity contribution in [2.24, 2.45) is 5.92 Å². The molecule has 1 aliphatic carbocycles. The van der Waals surface area contributed by atoms with Gasteiger partial charge in [0.05, 0.1) is 19.1 Å². The maximum absolute atomic E-state index is 12.7. The molecule has 7 nitrogen and oxygen atoms in total. The highest BCUT2D eigenvalue weighted by atomic mass is 16.5. The Kier molecular flexibility index (Phi) is 5.63. The van der Waals surface area contributed by atoms with Crippen molar-refractivity contribution in [1.82, 2.24) is 10.2 Å². The maximum atomic E-state index is 12.7. The first kappa shape index (κ1) is 17.8. The Morgan fingerprint density at radius 2 is 2.04 bits per heavy atom. The van der Waals surface area contributed by atoms with Gasteiger partial charge in [-0.2, -0.15) is 0 Å². The number of carbonyl (C=O) groups excluding carboxylic acids is 1. The predicted octanol–water partition coefficient (Wildman–Crippen LogP) is 2.57. The average Bonchev–Trinajstić information content (AvgIpc) is 3.11. The van der Waals surface area contributed by atoms with E-state index in [4.69, 9.17) is 14.3 Å². The van der Waals surface area contributed by atoms with E-state index in [1.165, 1.54) is 0 Å². The van der Waals surface area contributed by atoms with E-state index < -0.39 is 5.97 Å². The Hall–Kier alpha value is -2.02. The van der Waals surface area contributed by atoms with Crippen molar-refractivity contribution in [2.75, 3.05) is 19.8 Å². The highest BCUT2D eigenvalue weighted by Crippen LogP contribution is 2.28. The van der Waals surface area contributed by atoms with Crippen LogP contribution in [0.4, 0.5) is 4.79 Å². The van der Waals surface area contributed by atoms with Gasteiger partial charge in [-0.15, -0.1) is 0 Å². The second-order valence-corrected chi connectivity index (χ2v) is 6.78. The quantitative estimate of drug-likeness (QED) is 0.871. The molecule has 1 unspecified atom stereocenters. The molecule has 0 spiro atoms. The van der Waals surface area contributed by atoms with Crippen LogP contribution >= 0.6 is 0 Å². The molecular weight excluding hydrogens is 324 g/mol. The van der Waals surface area contributed by atoms with E-state index in [0.717, 1.165) is 17.9 Å². The molecular formula is C18H26N2O5. The van der Waals surface area contributed by atoms with Crippen molar-refractivity contribution in [3.05, 3.63) is 23.7 Å². The van der Waals surface area contributed by atoms with Gasteiger partial charge in [0.25, 0.3) is 0 Å². The standard InChI is InChI=1S/C18H26N2O5/c1-2-14-7-8-16(25-14)15-11-24-10-9-20(15)18(23)19-13-5-3-12(4-6-13)17(21)22/h7-8,12-13,15H,2-6,9-11H2,1H3,(H,19,23)(H,21,22). The van der Waals surface area contributed by atoms with Gasteiger partial charge >= 0.3 is 12.0 Å². The monoisotopic (exact) mass is 350 g/mol. The number of nitrogens with one attached hydrogen (secondary N) is 1. The summed E-state index contributed by atoms with van der Waals surface area (Å²) >= 11 is 0. The van der Waals surface area contributed by atoms with Gasteiger partial charge in [0.2, 0.25) is 0 Å². The Bertz CT molecular complexity index is 606. The number of ether oxygens (including phenoxy) is 1. The summed E-state index contributed by atoms with van der Waals surface area (Å²) in [5.41, 5.74) is 0. The van der Waals surface area contributed by atoms with Crippen LogP contribution in [-0.4, -0.2) is 47.8 Å². The summed E-state index contributed by atoms with van der Waals surface area (Å²) in [5, 5.41) is 12.1. The van der Waals surface area contributed by atoms with E-state index in [2.05, 4.69) is 5.32 Å². The third-order valence-electron chi connectivity index (χ3n) is 5.15. The van der Waals surface area contributed by atoms with Crippen molar-refractivity contribution in [1.29, 1.82) is 0 Å². The molecule has 2 heterocycles. The summed E-state index contributed by atoms with van der Waals surface area (Å²) in [6.07, 6.45) is 3.46. The molecule has 1 aliphatic heterocycles. The van der Waals surface area contributed by atoms with E-state index >= 15 is 0 Å². The Balaban J connectivity index is 1.60. The van der Waals surface area contributed by atoms with Crippen LogP contribution in [0.2, 0.25) is 0 Å². The fourth-order valence-corrected chi connectivity index (χ4v) is 3.59. The van der Waals surface area contributed by atoms with E-state index in [9.17, 15) is 9.59 Å². The molecule has 1 aromatic heterocycles. The molecule has 1 saturated carbocycles. The maximum Gasteiger partial charge on any atom is 0.318 e. The fraction of sp³-hybridized carbons (Fsp3) is 0.667. The van der Waals surface area contributed by atoms with E-state index in [0.29, 0.717) is 45.4 Å². The van der Waals surface area contributed by atoms with Crippen LogP contribution < -0.4 is 5.32 Å². The van der Waals surface area contributed by atoms with Gasteiger partial charge in [-0.25, -0.2) is 4.79 Å². The molecule has 1 saturated heterocycles. The number of aliphatic carboxylic acids is 1. The van der Waals surface area contributed by atoms with Crippen molar-refractivity contribution in [3.63, 3.8) is 0 Å². The first-order chi connectivity index (χ1) is 12.1. The van der Waals surface area contributed by atoms with Gasteiger partial charge in [0.15, 0.2) is 0 Å². The molecule has 138 valence electrons. The molecule has 2 aliphatic rings. The molecule has 0 aromatic carbocycles. The number of carboxylic acids is 1. The predicted molar refractivity (Wildman–Crippen MR) is 90.3 cm³/mol. The first-order valence-electron chi connectivity index (χ1n) is 9.04. The van der Waals surface area contributed by atoms with Crippen LogP contribution in [0.3, 0.4) is 0 Å². The molecule has 0 bridgehead atoms. The number of hydrogen-bond acceptors (Lipinski definition) is 4. The second-order valence-electron chi connectivity index (χ2n) is 6.78. The number of hydrogen-bond donors (Lipinski definition) is 2. The Morgan fingerprint density at radius 1 is 1.28 bits per heavy atom. The number of rotatable bonds is 4. The van der Waals surface area contributed by atoms with Crippen LogP contribution in [-0.2, 0) is 16.0 Å². The SMILES string of the molecule is CCc1ccc(C2COCCN2C(=O)NC2CCC(C(=O)O)CC2)o1. The van der Waals surface area contributed by atoms with Crippen LogP contribution in [0.1, 0.15) is 50.2 Å². The molecule has 2 N–H and O–H groups in total. The summed E-state index contributed by atoms with van der Waals surface area (Å²) in [6, 6.07) is 3.55. The number of amides is 2. The number of urea groups is 1. The highest BCUT2D eigenvalue weighted by Gasteiger charge is 2.33. The lowest BCUT2D eigenvalue weighted by Gasteiger charge is -2.36. The van der Waals surface area contributed by atoms with Gasteiger partial charge in [-0.1, -0.05) is 6.92 Å². The molecule has 1 atom stereocenters. The Morgan fingerprint density at radius 3 is 2.68 bits per heavy atom. The summed E-state index contributed by atoms with van der Waals surface area (Å²) in [6.45, 7) is 3.48. The lowest BCUT2D eigenvalue weighted by Crippen LogP contribution is -2.51. The zero-order valence-electron chi connectivity index (χ0n) is 14.6. The number of carboxylic acid groups (broad SMARTS) is 1. The number of aryl methyl sites for hydroxylation is 1. The van der Waals surface area contributed by atoms with Gasteiger partial charge in [-0.05, 0) is 37.8 Å². The van der Waals surface area contributed by atoms with Crippen molar-refractivity contribution >= 4 is 12.0 Å². The largest absolute Gasteiger partial charge is 0.481 e. The summed E-state index contributed by atoms with van der Waals surface area (Å²) < 4.78 is 11.4. The lowest BCUT2D eigenvalue weighted by molar-refractivity contribution is -0.142. The van der Waals surface area contributed by atoms with Gasteiger partial charge in [0.1, 0.15) is 17.6 Å². The minimum Gasteiger partial charge on any atom is -0.481 e. The summed E-state index contributed by atoms with van der Waals surface area (Å²) in [7, 11) is 0. The van der Waals surface area contributed by atoms with Gasteiger partial charge in [-0.3, -0.25) is 4.79 Å². The molecule has 2 fully saturated rings. The zero-order valence-corrected chi connectivity index (χ0v) is 14.6. The molecule has 25 heavy (non-hydrogen) atoms. The van der Waals surface area contributed by atoms with Crippen molar-refractivity contribution in [2.45, 2.75) is 51.1 Å². The smallest absolute Gasteiger partial charge is 0.318 e. The second kappa shape index (κ2) is 7.91. The minimum atomic E-state index is -0.734. The fourth-order valence-electron chi connectivity index (χ4n) is 3.59. The lowest BCUT2D eigenvalue weighted by atomic mass is 9.86. The Labute approximate surface area is 147 Å². The average molecular weight is 350 g/mol. The van der Waals surface area contributed by atoms with Gasteiger partial charge < -0.3 is 24.5 Å². The highest BCUT2D eigenvalue weighted by molar-refractivity contribution is 5.75.